The molecule has 0 fully saturated rings. The Morgan fingerprint density at radius 2 is 0.962 bits per heavy atom. The zero-order valence-electron chi connectivity index (χ0n) is 35.0. The minimum absolute atomic E-state index is 0.0728. The third-order valence-electron chi connectivity index (χ3n) is 11.4. The van der Waals surface area contributed by atoms with Crippen LogP contribution in [0, 0.1) is 0 Å². The molecule has 2 aliphatic carbocycles. The van der Waals surface area contributed by atoms with E-state index in [4.69, 9.17) is 0 Å². The van der Waals surface area contributed by atoms with Gasteiger partial charge >= 0.3 is 330 Å². The van der Waals surface area contributed by atoms with Crippen LogP contribution < -0.4 is 0 Å². The average Bonchev–Trinajstić information content (AvgIpc) is 3.61. The predicted octanol–water partition coefficient (Wildman–Crippen LogP) is 13.9. The summed E-state index contributed by atoms with van der Waals surface area (Å²) in [6.45, 7) is 38.2. The van der Waals surface area contributed by atoms with Gasteiger partial charge < -0.3 is 0 Å². The molecule has 0 nitrogen and oxygen atoms in total. The summed E-state index contributed by atoms with van der Waals surface area (Å²) in [6.07, 6.45) is 2.91. The van der Waals surface area contributed by atoms with E-state index in [1.807, 2.05) is 8.48 Å². The van der Waals surface area contributed by atoms with Crippen LogP contribution in [0.25, 0.3) is 11.1 Å². The summed E-state index contributed by atoms with van der Waals surface area (Å²) in [5, 5.41) is 3.68. The first-order chi connectivity index (χ1) is 24.0. The number of fused-ring (bicyclic) bond motifs is 3. The van der Waals surface area contributed by atoms with Crippen LogP contribution >= 0.6 is 0 Å². The zero-order chi connectivity index (χ0) is 38.2. The van der Waals surface area contributed by atoms with Gasteiger partial charge in [0.05, 0.1) is 0 Å². The fourth-order valence-corrected chi connectivity index (χ4v) is 33.5. The maximum atomic E-state index is 2.91. The molecule has 1 atom stereocenters. The van der Waals surface area contributed by atoms with Crippen molar-refractivity contribution in [1.29, 1.82) is 0 Å². The molecule has 52 heavy (non-hydrogen) atoms. The van der Waals surface area contributed by atoms with Gasteiger partial charge in [-0.2, -0.15) is 0 Å². The van der Waals surface area contributed by atoms with Gasteiger partial charge in [-0.15, -0.1) is 0 Å². The van der Waals surface area contributed by atoms with Crippen LogP contribution in [-0.4, -0.2) is 27.4 Å². The van der Waals surface area contributed by atoms with Crippen molar-refractivity contribution in [3.63, 3.8) is 0 Å². The Labute approximate surface area is 328 Å². The summed E-state index contributed by atoms with van der Waals surface area (Å²) in [5.41, 5.74) is 12.7. The molecule has 0 saturated carbocycles. The van der Waals surface area contributed by atoms with Crippen molar-refractivity contribution < 1.29 is 21.3 Å². The summed E-state index contributed by atoms with van der Waals surface area (Å²) in [6, 6.07) is 38.5. The molecule has 4 heteroatoms. The van der Waals surface area contributed by atoms with Crippen molar-refractivity contribution in [3.8, 4) is 11.1 Å². The normalized spacial score (nSPS) is 16.9. The first-order valence-electron chi connectivity index (χ1n) is 19.6. The molecule has 1 unspecified atom stereocenters. The third kappa shape index (κ3) is 7.53. The molecule has 0 aliphatic heterocycles. The molecule has 4 aromatic rings. The quantitative estimate of drug-likeness (QED) is 0.163. The second-order valence-electron chi connectivity index (χ2n) is 20.8. The second-order valence-corrected chi connectivity index (χ2v) is 42.2. The van der Waals surface area contributed by atoms with Gasteiger partial charge in [0.1, 0.15) is 0 Å². The van der Waals surface area contributed by atoms with Gasteiger partial charge in [-0.1, -0.05) is 0 Å². The first-order valence-corrected chi connectivity index (χ1v) is 34.1. The maximum absolute atomic E-state index is 3.08. The minimum atomic E-state index is -3.08. The van der Waals surface area contributed by atoms with Crippen LogP contribution in [0.3, 0.4) is 0 Å². The SMILES string of the molecule is CC(C)(C)c1ccc2c(c1)[CH]([Zr]([C]1=C([Si](C)(C)C)C([Si](C)(C)C)=CC1[Si](C)(C)C)=[C](c1ccccc1)c1ccccc1)c1cc(C(C)(C)C)ccc1-2. The van der Waals surface area contributed by atoms with E-state index in [-0.39, 0.29) is 10.8 Å². The van der Waals surface area contributed by atoms with Crippen LogP contribution in [0.1, 0.15) is 78.5 Å². The van der Waals surface area contributed by atoms with Gasteiger partial charge in [0.2, 0.25) is 0 Å². The fourth-order valence-electron chi connectivity index (χ4n) is 8.68. The molecule has 0 aromatic heterocycles. The van der Waals surface area contributed by atoms with Gasteiger partial charge in [-0.05, 0) is 0 Å². The van der Waals surface area contributed by atoms with Gasteiger partial charge in [0.15, 0.2) is 0 Å². The third-order valence-corrected chi connectivity index (χ3v) is 27.9. The summed E-state index contributed by atoms with van der Waals surface area (Å²) in [4.78, 5) is 0. The Hall–Kier alpha value is -2.24. The summed E-state index contributed by atoms with van der Waals surface area (Å²) in [5.74, 6) is 0. The molecule has 0 N–H and O–H groups in total. The van der Waals surface area contributed by atoms with E-state index in [1.165, 1.54) is 33.4 Å². The van der Waals surface area contributed by atoms with Gasteiger partial charge in [0, 0.05) is 0 Å². The van der Waals surface area contributed by atoms with Crippen molar-refractivity contribution in [1.82, 2.24) is 0 Å². The summed E-state index contributed by atoms with van der Waals surface area (Å²) >= 11 is -3.08. The monoisotopic (exact) mass is 814 g/mol. The molecule has 0 saturated heterocycles. The number of hydrogen-bond acceptors (Lipinski definition) is 0. The van der Waals surface area contributed by atoms with Crippen molar-refractivity contribution in [3.05, 3.63) is 150 Å². The Morgan fingerprint density at radius 1 is 0.538 bits per heavy atom. The molecule has 0 amide bonds. The number of hydrogen-bond donors (Lipinski definition) is 0. The average molecular weight is 817 g/mol. The molecule has 2 aliphatic rings. The van der Waals surface area contributed by atoms with E-state index in [1.54, 1.807) is 19.5 Å². The van der Waals surface area contributed by atoms with Gasteiger partial charge in [-0.3, -0.25) is 0 Å². The van der Waals surface area contributed by atoms with E-state index in [9.17, 15) is 0 Å². The number of rotatable bonds is 7. The number of benzene rings is 4. The standard InChI is InChI=1S/C21H25.C14H29Si3.C13H10.Zr/c1-20(2,3)16-7-9-18-14(12-16)11-15-13-17(21(4,5)6)8-10-19(15)18;1-15(2,3)12-10-13(16(4,5)6)14(11-12)17(7,8)9;1-3-7-12(8-4-1)11-13-9-5-2-6-10-13;/h7-13H,1-6H3;10,12H,1-9H3;1-10H;. The molecule has 0 spiro atoms. The van der Waals surface area contributed by atoms with E-state index < -0.39 is 45.5 Å². The van der Waals surface area contributed by atoms with Gasteiger partial charge in [-0.25, -0.2) is 0 Å². The Balaban J connectivity index is 1.91. The van der Waals surface area contributed by atoms with Crippen molar-refractivity contribution in [2.75, 3.05) is 0 Å². The van der Waals surface area contributed by atoms with Crippen LogP contribution in [0.2, 0.25) is 64.5 Å². The first kappa shape index (κ1) is 39.5. The summed E-state index contributed by atoms with van der Waals surface area (Å²) in [7, 11) is -5.18. The molecular weight excluding hydrogens is 752 g/mol. The van der Waals surface area contributed by atoms with Gasteiger partial charge in [0.25, 0.3) is 0 Å². The summed E-state index contributed by atoms with van der Waals surface area (Å²) < 4.78 is 4.04. The molecule has 4 aromatic carbocycles. The van der Waals surface area contributed by atoms with E-state index in [0.29, 0.717) is 9.17 Å². The van der Waals surface area contributed by atoms with E-state index in [2.05, 4.69) is 204 Å². The van der Waals surface area contributed by atoms with Crippen molar-refractivity contribution in [2.24, 2.45) is 0 Å². The zero-order valence-corrected chi connectivity index (χ0v) is 40.4. The van der Waals surface area contributed by atoms with Crippen LogP contribution in [-0.2, 0) is 32.1 Å². The van der Waals surface area contributed by atoms with E-state index in [0.717, 1.165) is 0 Å². The fraction of sp³-hybridized carbons (Fsp3) is 0.396. The number of allylic oxidation sites excluding steroid dienone is 4. The molecule has 0 bridgehead atoms. The molecule has 272 valence electrons. The Kier molecular flexibility index (Phi) is 10.5. The van der Waals surface area contributed by atoms with Crippen LogP contribution in [0.15, 0.2) is 117 Å². The molecule has 0 radical (unpaired) electrons. The molecular formula is C48H64Si3Zr. The van der Waals surface area contributed by atoms with E-state index >= 15 is 0 Å². The van der Waals surface area contributed by atoms with Crippen LogP contribution in [0.5, 0.6) is 0 Å². The molecule has 0 heterocycles. The topological polar surface area (TPSA) is 0 Å². The molecule has 6 rings (SSSR count). The Morgan fingerprint density at radius 3 is 1.31 bits per heavy atom. The predicted molar refractivity (Wildman–Crippen MR) is 236 cm³/mol. The Bertz CT molecular complexity index is 1980. The van der Waals surface area contributed by atoms with Crippen LogP contribution in [0.4, 0.5) is 0 Å². The second kappa shape index (κ2) is 13.8. The van der Waals surface area contributed by atoms with Crippen molar-refractivity contribution in [2.45, 2.75) is 120 Å². The van der Waals surface area contributed by atoms with Crippen molar-refractivity contribution >= 4 is 27.4 Å².